The van der Waals surface area contributed by atoms with E-state index in [1.807, 2.05) is 24.3 Å². The second-order valence-electron chi connectivity index (χ2n) is 10.0. The number of benzene rings is 3. The molecule has 4 rings (SSSR count). The Labute approximate surface area is 208 Å². The molecule has 0 aromatic heterocycles. The summed E-state index contributed by atoms with van der Waals surface area (Å²) in [6.07, 6.45) is 0. The van der Waals surface area contributed by atoms with Crippen LogP contribution in [-0.4, -0.2) is 19.2 Å². The van der Waals surface area contributed by atoms with Crippen LogP contribution >= 0.6 is 0 Å². The molecule has 0 spiro atoms. The van der Waals surface area contributed by atoms with Crippen LogP contribution in [0.3, 0.4) is 0 Å². The van der Waals surface area contributed by atoms with Crippen LogP contribution < -0.4 is 10.5 Å². The van der Waals surface area contributed by atoms with E-state index in [1.54, 1.807) is 19.1 Å². The van der Waals surface area contributed by atoms with Gasteiger partial charge < -0.3 is 5.73 Å². The maximum Gasteiger partial charge on any atom is 0.264 e. The molecule has 0 saturated heterocycles. The van der Waals surface area contributed by atoms with E-state index >= 15 is 0 Å². The number of sulfonamides is 1. The van der Waals surface area contributed by atoms with Gasteiger partial charge in [-0.15, -0.1) is 0 Å². The Balaban J connectivity index is 1.77. The minimum atomic E-state index is -4.11. The first kappa shape index (κ1) is 24.9. The Morgan fingerprint density at radius 1 is 0.971 bits per heavy atom. The van der Waals surface area contributed by atoms with Crippen molar-refractivity contribution in [2.45, 2.75) is 64.6 Å². The molecular formula is C28H33N3O3S. The standard InChI is InChI=1S/C28H33N3O3S/c1-17-13-19(3)23(20(4)14-17)16-31-26(22-9-7-8-10-24(22)28(31,5)6)27(32)30-35(33,34)25-15-21(29)12-11-18(25)2/h7-15,26H,16,29H2,1-6H3,(H,30,32). The topological polar surface area (TPSA) is 92.5 Å². The van der Waals surface area contributed by atoms with Crippen molar-refractivity contribution in [2.24, 2.45) is 0 Å². The van der Waals surface area contributed by atoms with E-state index < -0.39 is 27.5 Å². The van der Waals surface area contributed by atoms with Crippen LogP contribution in [0.1, 0.15) is 58.8 Å². The fourth-order valence-electron chi connectivity index (χ4n) is 5.29. The number of carbonyl (C=O) groups excluding carboxylic acids is 1. The molecule has 1 atom stereocenters. The number of amides is 1. The Morgan fingerprint density at radius 3 is 2.26 bits per heavy atom. The van der Waals surface area contributed by atoms with Crippen molar-refractivity contribution in [1.82, 2.24) is 9.62 Å². The summed E-state index contributed by atoms with van der Waals surface area (Å²) in [7, 11) is -4.11. The molecule has 184 valence electrons. The van der Waals surface area contributed by atoms with Gasteiger partial charge in [-0.25, -0.2) is 13.1 Å². The SMILES string of the molecule is Cc1cc(C)c(CN2C(C(=O)NS(=O)(=O)c3cc(N)ccc3C)c3ccccc3C2(C)C)c(C)c1. The number of fused-ring (bicyclic) bond motifs is 1. The molecule has 35 heavy (non-hydrogen) atoms. The Hall–Kier alpha value is -3.16. The molecule has 6 nitrogen and oxygen atoms in total. The average Bonchev–Trinajstić information content (AvgIpc) is 2.98. The second-order valence-corrected chi connectivity index (χ2v) is 11.7. The second kappa shape index (κ2) is 8.81. The van der Waals surface area contributed by atoms with Gasteiger partial charge in [0.25, 0.3) is 15.9 Å². The highest BCUT2D eigenvalue weighted by Gasteiger charge is 2.48. The van der Waals surface area contributed by atoms with Crippen molar-refractivity contribution in [1.29, 1.82) is 0 Å². The van der Waals surface area contributed by atoms with Gasteiger partial charge >= 0.3 is 0 Å². The number of aryl methyl sites for hydroxylation is 4. The predicted molar refractivity (Wildman–Crippen MR) is 139 cm³/mol. The fraction of sp³-hybridized carbons (Fsp3) is 0.321. The Kier molecular flexibility index (Phi) is 6.28. The van der Waals surface area contributed by atoms with Crippen molar-refractivity contribution < 1.29 is 13.2 Å². The smallest absolute Gasteiger partial charge is 0.264 e. The minimum absolute atomic E-state index is 0.00756. The van der Waals surface area contributed by atoms with E-state index in [0.29, 0.717) is 17.8 Å². The summed E-state index contributed by atoms with van der Waals surface area (Å²) in [6.45, 7) is 12.6. The van der Waals surface area contributed by atoms with Crippen LogP contribution in [0.4, 0.5) is 5.69 Å². The first-order valence-corrected chi connectivity index (χ1v) is 13.2. The number of carbonyl (C=O) groups is 1. The lowest BCUT2D eigenvalue weighted by atomic mass is 9.92. The van der Waals surface area contributed by atoms with Crippen LogP contribution in [0.25, 0.3) is 0 Å². The van der Waals surface area contributed by atoms with Gasteiger partial charge in [-0.3, -0.25) is 9.69 Å². The van der Waals surface area contributed by atoms with Crippen molar-refractivity contribution in [2.75, 3.05) is 5.73 Å². The average molecular weight is 492 g/mol. The molecule has 3 N–H and O–H groups in total. The van der Waals surface area contributed by atoms with Gasteiger partial charge in [0.15, 0.2) is 0 Å². The third-order valence-corrected chi connectivity index (χ3v) is 8.59. The number of anilines is 1. The van der Waals surface area contributed by atoms with Gasteiger partial charge in [0.05, 0.1) is 4.90 Å². The van der Waals surface area contributed by atoms with Crippen LogP contribution in [0, 0.1) is 27.7 Å². The van der Waals surface area contributed by atoms with E-state index in [-0.39, 0.29) is 4.90 Å². The molecule has 1 aliphatic heterocycles. The zero-order chi connectivity index (χ0) is 25.7. The summed E-state index contributed by atoms with van der Waals surface area (Å²) in [6, 6.07) is 15.9. The van der Waals surface area contributed by atoms with Crippen LogP contribution in [0.15, 0.2) is 59.5 Å². The summed E-state index contributed by atoms with van der Waals surface area (Å²) < 4.78 is 28.9. The molecule has 0 radical (unpaired) electrons. The summed E-state index contributed by atoms with van der Waals surface area (Å²) >= 11 is 0. The van der Waals surface area contributed by atoms with E-state index in [0.717, 1.165) is 27.8 Å². The third kappa shape index (κ3) is 4.46. The Bertz CT molecular complexity index is 1400. The van der Waals surface area contributed by atoms with Crippen molar-refractivity contribution in [3.05, 3.63) is 93.5 Å². The lowest BCUT2D eigenvalue weighted by molar-refractivity contribution is -0.126. The molecule has 0 fully saturated rings. The summed E-state index contributed by atoms with van der Waals surface area (Å²) in [5, 5.41) is 0. The number of rotatable bonds is 5. The Morgan fingerprint density at radius 2 is 1.60 bits per heavy atom. The van der Waals surface area contributed by atoms with E-state index in [2.05, 4.69) is 56.4 Å². The van der Waals surface area contributed by atoms with Crippen molar-refractivity contribution in [3.8, 4) is 0 Å². The largest absolute Gasteiger partial charge is 0.399 e. The number of nitrogens with two attached hydrogens (primary N) is 1. The molecule has 1 aliphatic rings. The van der Waals surface area contributed by atoms with E-state index in [9.17, 15) is 13.2 Å². The maximum absolute atomic E-state index is 13.7. The molecule has 1 heterocycles. The third-order valence-electron chi connectivity index (χ3n) is 7.10. The maximum atomic E-state index is 13.7. The van der Waals surface area contributed by atoms with Crippen molar-refractivity contribution >= 4 is 21.6 Å². The molecule has 0 saturated carbocycles. The summed E-state index contributed by atoms with van der Waals surface area (Å²) in [5.41, 5.74) is 12.7. The number of nitrogen functional groups attached to an aromatic ring is 1. The minimum Gasteiger partial charge on any atom is -0.399 e. The summed E-state index contributed by atoms with van der Waals surface area (Å²) in [5.74, 6) is -0.577. The molecule has 1 unspecified atom stereocenters. The number of nitrogens with zero attached hydrogens (tertiary/aromatic N) is 1. The molecule has 3 aromatic carbocycles. The van der Waals surface area contributed by atoms with Gasteiger partial charge in [0.1, 0.15) is 6.04 Å². The molecule has 7 heteroatoms. The van der Waals surface area contributed by atoms with Gasteiger partial charge in [-0.2, -0.15) is 0 Å². The van der Waals surface area contributed by atoms with Gasteiger partial charge in [-0.05, 0) is 87.1 Å². The lowest BCUT2D eigenvalue weighted by Gasteiger charge is -2.36. The number of hydrogen-bond acceptors (Lipinski definition) is 5. The number of hydrogen-bond donors (Lipinski definition) is 2. The van der Waals surface area contributed by atoms with Gasteiger partial charge in [0, 0.05) is 17.8 Å². The van der Waals surface area contributed by atoms with Crippen LogP contribution in [-0.2, 0) is 26.9 Å². The molecule has 0 aliphatic carbocycles. The van der Waals surface area contributed by atoms with Crippen molar-refractivity contribution in [3.63, 3.8) is 0 Å². The van der Waals surface area contributed by atoms with E-state index in [1.165, 1.54) is 11.6 Å². The quantitative estimate of drug-likeness (QED) is 0.500. The number of nitrogens with one attached hydrogen (secondary N) is 1. The molecule has 1 amide bonds. The van der Waals surface area contributed by atoms with E-state index in [4.69, 9.17) is 5.73 Å². The highest BCUT2D eigenvalue weighted by Crippen LogP contribution is 2.47. The summed E-state index contributed by atoms with van der Waals surface area (Å²) in [4.78, 5) is 15.8. The first-order chi connectivity index (χ1) is 16.3. The molecule has 0 bridgehead atoms. The zero-order valence-corrected chi connectivity index (χ0v) is 22.0. The molecular weight excluding hydrogens is 458 g/mol. The lowest BCUT2D eigenvalue weighted by Crippen LogP contribution is -2.45. The molecule has 3 aromatic rings. The predicted octanol–water partition coefficient (Wildman–Crippen LogP) is 4.80. The highest BCUT2D eigenvalue weighted by molar-refractivity contribution is 7.90. The highest BCUT2D eigenvalue weighted by atomic mass is 32.2. The van der Waals surface area contributed by atoms with Gasteiger partial charge in [0.2, 0.25) is 0 Å². The first-order valence-electron chi connectivity index (χ1n) is 11.7. The van der Waals surface area contributed by atoms with Gasteiger partial charge in [-0.1, -0.05) is 48.0 Å². The zero-order valence-electron chi connectivity index (χ0n) is 21.1. The normalized spacial score (nSPS) is 17.3. The fourth-order valence-corrected chi connectivity index (χ4v) is 6.56. The van der Waals surface area contributed by atoms with Crippen LogP contribution in [0.5, 0.6) is 0 Å². The monoisotopic (exact) mass is 491 g/mol. The van der Waals surface area contributed by atoms with Crippen LogP contribution in [0.2, 0.25) is 0 Å².